The number of rotatable bonds is 3. The van der Waals surface area contributed by atoms with Crippen molar-refractivity contribution in [2.45, 2.75) is 102 Å². The Morgan fingerprint density at radius 1 is 0.957 bits per heavy atom. The highest BCUT2D eigenvalue weighted by molar-refractivity contribution is 6.15. The van der Waals surface area contributed by atoms with Crippen LogP contribution in [-0.4, -0.2) is 20.8 Å². The summed E-state index contributed by atoms with van der Waals surface area (Å²) >= 11 is 0. The van der Waals surface area contributed by atoms with E-state index < -0.39 is 0 Å². The third-order valence-corrected chi connectivity index (χ3v) is 6.50. The molecule has 0 aromatic rings. The third-order valence-electron chi connectivity index (χ3n) is 6.50. The van der Waals surface area contributed by atoms with Crippen LogP contribution in [0.4, 0.5) is 0 Å². The molecule has 0 aliphatic heterocycles. The minimum absolute atomic E-state index is 0.0916. The summed E-state index contributed by atoms with van der Waals surface area (Å²) < 4.78 is 0. The van der Waals surface area contributed by atoms with E-state index >= 15 is 0 Å². The lowest BCUT2D eigenvalue weighted by Gasteiger charge is -2.38. The number of hydrogen-bond acceptors (Lipinski definition) is 1. The highest BCUT2D eigenvalue weighted by Gasteiger charge is 2.34. The molecule has 2 aliphatic rings. The summed E-state index contributed by atoms with van der Waals surface area (Å²) in [7, 11) is 8.57. The van der Waals surface area contributed by atoms with Crippen molar-refractivity contribution in [1.82, 2.24) is 5.32 Å². The van der Waals surface area contributed by atoms with Crippen molar-refractivity contribution >= 4 is 13.8 Å². The molecule has 2 nitrogen and oxygen atoms in total. The number of hydrogen-bond donors (Lipinski definition) is 1. The van der Waals surface area contributed by atoms with E-state index in [9.17, 15) is 4.79 Å². The van der Waals surface area contributed by atoms with Crippen LogP contribution in [0, 0.1) is 11.3 Å². The van der Waals surface area contributed by atoms with Gasteiger partial charge in [0, 0.05) is 12.5 Å². The fourth-order valence-corrected chi connectivity index (χ4v) is 4.95. The number of carbonyl (C=O) groups excluding carboxylic acids is 1. The summed E-state index contributed by atoms with van der Waals surface area (Å²) in [5.74, 6) is 1.000. The zero-order chi connectivity index (χ0) is 16.8. The Morgan fingerprint density at radius 3 is 2.00 bits per heavy atom. The Kier molecular flexibility index (Phi) is 7.04. The van der Waals surface area contributed by atoms with E-state index in [0.29, 0.717) is 0 Å². The molecule has 0 heterocycles. The zero-order valence-electron chi connectivity index (χ0n) is 15.5. The maximum Gasteiger partial charge on any atom is 0.225 e. The number of carbonyl (C=O) groups is 1. The van der Waals surface area contributed by atoms with Crippen molar-refractivity contribution in [2.24, 2.45) is 11.3 Å². The molecule has 0 aromatic heterocycles. The second kappa shape index (κ2) is 8.58. The van der Waals surface area contributed by atoms with Gasteiger partial charge in [0.2, 0.25) is 5.91 Å². The lowest BCUT2D eigenvalue weighted by Crippen LogP contribution is -2.37. The van der Waals surface area contributed by atoms with Gasteiger partial charge in [-0.15, -0.1) is 0 Å². The summed E-state index contributed by atoms with van der Waals surface area (Å²) in [6.07, 6.45) is 17.3. The van der Waals surface area contributed by atoms with Gasteiger partial charge in [-0.2, -0.15) is 0 Å². The van der Waals surface area contributed by atoms with E-state index in [1.165, 1.54) is 77.0 Å². The molecule has 2 rings (SSSR count). The van der Waals surface area contributed by atoms with Crippen molar-refractivity contribution in [3.05, 3.63) is 0 Å². The zero-order valence-corrected chi connectivity index (χ0v) is 15.5. The molecule has 3 heteroatoms. The highest BCUT2D eigenvalue weighted by Crippen LogP contribution is 2.46. The van der Waals surface area contributed by atoms with Gasteiger partial charge in [-0.05, 0) is 18.8 Å². The summed E-state index contributed by atoms with van der Waals surface area (Å²) in [6.45, 7) is 2.14. The van der Waals surface area contributed by atoms with Gasteiger partial charge in [0.1, 0.15) is 0 Å². The van der Waals surface area contributed by atoms with E-state index in [0.717, 1.165) is 18.8 Å². The maximum atomic E-state index is 12.1. The van der Waals surface area contributed by atoms with Crippen molar-refractivity contribution in [2.75, 3.05) is 7.05 Å². The molecule has 0 unspecified atom stereocenters. The summed E-state index contributed by atoms with van der Waals surface area (Å²) in [4.78, 5) is 12.1. The van der Waals surface area contributed by atoms with Crippen LogP contribution >= 0.6 is 0 Å². The SMILES string of the molecule is [B]C1(CC2CCCC(C)(C(=O)NC)CCC2)CCCCCCC1. The lowest BCUT2D eigenvalue weighted by molar-refractivity contribution is -0.130. The average Bonchev–Trinajstić information content (AvgIpc) is 2.48. The Morgan fingerprint density at radius 2 is 1.48 bits per heavy atom. The molecular weight excluding hydrogens is 281 g/mol. The molecule has 0 saturated heterocycles. The van der Waals surface area contributed by atoms with E-state index in [4.69, 9.17) is 7.85 Å². The molecule has 130 valence electrons. The smallest absolute Gasteiger partial charge is 0.225 e. The molecule has 1 N–H and O–H groups in total. The van der Waals surface area contributed by atoms with Gasteiger partial charge in [-0.25, -0.2) is 0 Å². The Labute approximate surface area is 145 Å². The van der Waals surface area contributed by atoms with Gasteiger partial charge >= 0.3 is 0 Å². The second-order valence-electron chi connectivity index (χ2n) is 8.62. The van der Waals surface area contributed by atoms with Gasteiger partial charge in [-0.3, -0.25) is 4.79 Å². The standard InChI is InChI=1S/C20H36BNO/c1-19(18(23)22-2)12-8-10-17(11-9-13-19)16-20(21)14-6-4-3-5-7-15-20/h17H,3-16H2,1-2H3,(H,22,23). The minimum atomic E-state index is -0.152. The summed E-state index contributed by atoms with van der Waals surface area (Å²) in [5.41, 5.74) is -0.152. The van der Waals surface area contributed by atoms with E-state index in [1.54, 1.807) is 7.05 Å². The Bertz CT molecular complexity index is 364. The van der Waals surface area contributed by atoms with Gasteiger partial charge in [0.15, 0.2) is 0 Å². The van der Waals surface area contributed by atoms with Crippen molar-refractivity contribution in [3.63, 3.8) is 0 Å². The summed E-state index contributed by atoms with van der Waals surface area (Å²) in [5, 5.41) is 2.95. The predicted octanol–water partition coefficient (Wildman–Crippen LogP) is 5.17. The van der Waals surface area contributed by atoms with Crippen LogP contribution in [0.2, 0.25) is 5.31 Å². The highest BCUT2D eigenvalue weighted by atomic mass is 16.2. The molecule has 1 amide bonds. The minimum Gasteiger partial charge on any atom is -0.359 e. The monoisotopic (exact) mass is 317 g/mol. The van der Waals surface area contributed by atoms with Crippen LogP contribution in [-0.2, 0) is 4.79 Å². The topological polar surface area (TPSA) is 29.1 Å². The van der Waals surface area contributed by atoms with Crippen molar-refractivity contribution in [1.29, 1.82) is 0 Å². The van der Waals surface area contributed by atoms with Gasteiger partial charge < -0.3 is 5.32 Å². The average molecular weight is 317 g/mol. The quantitative estimate of drug-likeness (QED) is 0.715. The fourth-order valence-electron chi connectivity index (χ4n) is 4.95. The van der Waals surface area contributed by atoms with Crippen molar-refractivity contribution < 1.29 is 4.79 Å². The molecule has 0 aromatic carbocycles. The van der Waals surface area contributed by atoms with E-state index in [-0.39, 0.29) is 16.6 Å². The van der Waals surface area contributed by atoms with Gasteiger partial charge in [0.05, 0.1) is 7.85 Å². The van der Waals surface area contributed by atoms with Crippen LogP contribution in [0.15, 0.2) is 0 Å². The molecule has 0 bridgehead atoms. The molecule has 23 heavy (non-hydrogen) atoms. The largest absolute Gasteiger partial charge is 0.359 e. The van der Waals surface area contributed by atoms with Crippen molar-refractivity contribution in [3.8, 4) is 0 Å². The maximum absolute atomic E-state index is 12.1. The normalized spacial score (nSPS) is 32.9. The first-order valence-electron chi connectivity index (χ1n) is 9.99. The van der Waals surface area contributed by atoms with Crippen LogP contribution < -0.4 is 5.32 Å². The molecule has 2 radical (unpaired) electrons. The van der Waals surface area contributed by atoms with Crippen LogP contribution in [0.3, 0.4) is 0 Å². The summed E-state index contributed by atoms with van der Waals surface area (Å²) in [6, 6.07) is 0. The van der Waals surface area contributed by atoms with Crippen LogP contribution in [0.1, 0.15) is 96.8 Å². The molecular formula is C20H36BNO. The third kappa shape index (κ3) is 5.53. The number of amides is 1. The lowest BCUT2D eigenvalue weighted by atomic mass is 9.57. The van der Waals surface area contributed by atoms with E-state index in [2.05, 4.69) is 12.2 Å². The van der Waals surface area contributed by atoms with Gasteiger partial charge in [0.25, 0.3) is 0 Å². The molecule has 2 fully saturated rings. The van der Waals surface area contributed by atoms with Crippen LogP contribution in [0.25, 0.3) is 0 Å². The first kappa shape index (κ1) is 18.9. The Balaban J connectivity index is 1.87. The predicted molar refractivity (Wildman–Crippen MR) is 98.7 cm³/mol. The second-order valence-corrected chi connectivity index (χ2v) is 8.62. The first-order valence-corrected chi connectivity index (χ1v) is 9.99. The molecule has 2 saturated carbocycles. The molecule has 0 spiro atoms. The first-order chi connectivity index (χ1) is 11.0. The molecule has 2 aliphatic carbocycles. The fraction of sp³-hybridized carbons (Fsp3) is 0.950. The Hall–Kier alpha value is -0.465. The van der Waals surface area contributed by atoms with E-state index in [1.807, 2.05) is 0 Å². The molecule has 0 atom stereocenters. The van der Waals surface area contributed by atoms with Crippen LogP contribution in [0.5, 0.6) is 0 Å². The van der Waals surface area contributed by atoms with Gasteiger partial charge in [-0.1, -0.05) is 89.3 Å². The number of nitrogens with one attached hydrogen (secondary N) is 1.